The number of aromatic hydroxyl groups is 1. The Hall–Kier alpha value is -4.53. The summed E-state index contributed by atoms with van der Waals surface area (Å²) in [6.45, 7) is 15.5. The molecule has 0 saturated carbocycles. The molecule has 5 aromatic carbocycles. The van der Waals surface area contributed by atoms with Gasteiger partial charge in [0, 0.05) is 32.8 Å². The summed E-state index contributed by atoms with van der Waals surface area (Å²) in [4.78, 5) is 9.80. The topological polar surface area (TPSA) is 59.2 Å². The van der Waals surface area contributed by atoms with Crippen LogP contribution in [0.25, 0.3) is 66.8 Å². The van der Waals surface area contributed by atoms with Gasteiger partial charge in [-0.3, -0.25) is 4.98 Å². The van der Waals surface area contributed by atoms with E-state index in [1.807, 2.05) is 24.4 Å². The van der Waals surface area contributed by atoms with Gasteiger partial charge >= 0.3 is 0 Å². The Labute approximate surface area is 297 Å². The molecule has 7 rings (SSSR count). The van der Waals surface area contributed by atoms with Crippen molar-refractivity contribution in [3.63, 3.8) is 0 Å². The fraction of sp³-hybridized carbons (Fsp3) is 0.209. The molecule has 244 valence electrons. The molecule has 0 aliphatic heterocycles. The van der Waals surface area contributed by atoms with Crippen molar-refractivity contribution in [1.29, 1.82) is 0 Å². The summed E-state index contributed by atoms with van der Waals surface area (Å²) in [7, 11) is 0. The van der Waals surface area contributed by atoms with Gasteiger partial charge in [0.25, 0.3) is 0 Å². The van der Waals surface area contributed by atoms with Crippen LogP contribution in [0.3, 0.4) is 0 Å². The van der Waals surface area contributed by atoms with Crippen molar-refractivity contribution in [2.24, 2.45) is 0 Å². The van der Waals surface area contributed by atoms with Crippen LogP contribution in [0.5, 0.6) is 5.75 Å². The van der Waals surface area contributed by atoms with Gasteiger partial charge in [-0.1, -0.05) is 107 Å². The van der Waals surface area contributed by atoms with Gasteiger partial charge in [-0.05, 0) is 75.2 Å². The predicted molar refractivity (Wildman–Crippen MR) is 194 cm³/mol. The number of fused-ring (bicyclic) bond motifs is 2. The van der Waals surface area contributed by atoms with Crippen molar-refractivity contribution in [3.8, 4) is 50.6 Å². The maximum atomic E-state index is 10.6. The molecule has 0 spiro atoms. The van der Waals surface area contributed by atoms with Gasteiger partial charge in [0.1, 0.15) is 11.3 Å². The first-order valence-corrected chi connectivity index (χ1v) is 16.1. The van der Waals surface area contributed by atoms with E-state index in [9.17, 15) is 5.11 Å². The quantitative estimate of drug-likeness (QED) is 0.180. The molecule has 0 unspecified atom stereocenters. The van der Waals surface area contributed by atoms with Crippen LogP contribution in [0.2, 0.25) is 0 Å². The Kier molecular flexibility index (Phi) is 8.68. The Balaban J connectivity index is 0.00000401. The first-order valence-electron chi connectivity index (χ1n) is 16.1. The van der Waals surface area contributed by atoms with Crippen LogP contribution >= 0.6 is 0 Å². The van der Waals surface area contributed by atoms with Crippen LogP contribution in [0.4, 0.5) is 0 Å². The van der Waals surface area contributed by atoms with E-state index in [4.69, 9.17) is 14.4 Å². The van der Waals surface area contributed by atoms with Crippen LogP contribution in [-0.4, -0.2) is 15.1 Å². The zero-order chi connectivity index (χ0) is 33.1. The molecule has 48 heavy (non-hydrogen) atoms. The number of nitrogens with zero attached hydrogens (tertiary/aromatic N) is 2. The predicted octanol–water partition coefficient (Wildman–Crippen LogP) is 11.5. The molecule has 0 saturated heterocycles. The van der Waals surface area contributed by atoms with E-state index < -0.39 is 0 Å². The van der Waals surface area contributed by atoms with E-state index in [0.717, 1.165) is 44.3 Å². The Morgan fingerprint density at radius 1 is 0.646 bits per heavy atom. The third kappa shape index (κ3) is 6.22. The average Bonchev–Trinajstić information content (AvgIpc) is 3.48. The van der Waals surface area contributed by atoms with E-state index in [0.29, 0.717) is 22.6 Å². The maximum Gasteiger partial charge on any atom is 0.230 e. The van der Waals surface area contributed by atoms with E-state index in [-0.39, 0.29) is 37.6 Å². The van der Waals surface area contributed by atoms with E-state index in [2.05, 4.69) is 121 Å². The molecule has 0 aliphatic rings. The van der Waals surface area contributed by atoms with Gasteiger partial charge in [-0.25, -0.2) is 4.98 Å². The Morgan fingerprint density at radius 2 is 1.31 bits per heavy atom. The summed E-state index contributed by atoms with van der Waals surface area (Å²) in [6, 6.07) is 36.7. The maximum absolute atomic E-state index is 10.6. The molecule has 0 atom stereocenters. The Bertz CT molecular complexity index is 2290. The molecule has 7 aromatic rings. The number of phenolic OH excluding ortho intramolecular Hbond substituents is 1. The second kappa shape index (κ2) is 12.5. The molecular weight excluding hydrogens is 772 g/mol. The fourth-order valence-corrected chi connectivity index (χ4v) is 6.14. The molecule has 0 fully saturated rings. The molecule has 5 heteroatoms. The SMILES string of the molecule is Cc1ccnc2c(-c3[c-]c(-c4cc(-c5ccc(C(C)(C)C)cc5)cc5oc(-c6ccccc6O)nc45)ccc3)cc(C(C)(C)C)cc12.[Pt]. The second-order valence-electron chi connectivity index (χ2n) is 14.5. The van der Waals surface area contributed by atoms with Crippen molar-refractivity contribution in [2.45, 2.75) is 59.3 Å². The van der Waals surface area contributed by atoms with Gasteiger partial charge in [-0.2, -0.15) is 0 Å². The molecule has 0 aliphatic carbocycles. The van der Waals surface area contributed by atoms with Crippen LogP contribution < -0.4 is 0 Å². The monoisotopic (exact) mass is 810 g/mol. The average molecular weight is 811 g/mol. The molecule has 0 amide bonds. The van der Waals surface area contributed by atoms with Gasteiger partial charge < -0.3 is 9.52 Å². The normalized spacial score (nSPS) is 12.0. The molecule has 2 heterocycles. The zero-order valence-electron chi connectivity index (χ0n) is 28.4. The molecule has 4 nitrogen and oxygen atoms in total. The van der Waals surface area contributed by atoms with Crippen LogP contribution in [-0.2, 0) is 31.9 Å². The number of rotatable bonds is 4. The minimum absolute atomic E-state index is 0. The summed E-state index contributed by atoms with van der Waals surface area (Å²) >= 11 is 0. The number of aromatic nitrogens is 2. The fourth-order valence-electron chi connectivity index (χ4n) is 6.14. The van der Waals surface area contributed by atoms with Crippen molar-refractivity contribution in [3.05, 3.63) is 126 Å². The van der Waals surface area contributed by atoms with Gasteiger partial charge in [0.2, 0.25) is 5.89 Å². The largest absolute Gasteiger partial charge is 0.507 e. The third-order valence-corrected chi connectivity index (χ3v) is 9.02. The first-order chi connectivity index (χ1) is 22.4. The van der Waals surface area contributed by atoms with Crippen molar-refractivity contribution in [2.75, 3.05) is 0 Å². The number of benzene rings is 5. The van der Waals surface area contributed by atoms with Gasteiger partial charge in [0.15, 0.2) is 0 Å². The second-order valence-corrected chi connectivity index (χ2v) is 14.5. The Morgan fingerprint density at radius 3 is 1.98 bits per heavy atom. The third-order valence-electron chi connectivity index (χ3n) is 9.02. The van der Waals surface area contributed by atoms with E-state index >= 15 is 0 Å². The van der Waals surface area contributed by atoms with E-state index in [1.54, 1.807) is 12.1 Å². The number of oxazole rings is 1. The van der Waals surface area contributed by atoms with Crippen LogP contribution in [0.15, 0.2) is 108 Å². The molecule has 2 aromatic heterocycles. The van der Waals surface area contributed by atoms with Crippen molar-refractivity contribution in [1.82, 2.24) is 9.97 Å². The first kappa shape index (κ1) is 33.4. The van der Waals surface area contributed by atoms with Gasteiger partial charge in [-0.15, -0.1) is 35.4 Å². The number of aryl methyl sites for hydroxylation is 1. The standard InChI is InChI=1S/C43H39N2O2.Pt/c1-26-19-20-44-39-34(26)24-32(43(5,6)7)25-36(39)29-12-10-11-28(21-29)35-22-30(27-15-17-31(18-16-27)42(2,3)4)23-38-40(35)45-41(47-38)33-13-8-9-14-37(33)46;/h8-20,22-25,46H,1-7H3;/q-1;. The van der Waals surface area contributed by atoms with Crippen LogP contribution in [0.1, 0.15) is 58.2 Å². The number of pyridine rings is 1. The molecule has 0 bridgehead atoms. The summed E-state index contributed by atoms with van der Waals surface area (Å²) < 4.78 is 6.38. The summed E-state index contributed by atoms with van der Waals surface area (Å²) in [5, 5.41) is 11.8. The number of hydrogen-bond acceptors (Lipinski definition) is 4. The number of para-hydroxylation sites is 1. The smallest absolute Gasteiger partial charge is 0.230 e. The molecular formula is C43H39N2O2Pt-. The van der Waals surface area contributed by atoms with Gasteiger partial charge in [0.05, 0.1) is 11.1 Å². The zero-order valence-corrected chi connectivity index (χ0v) is 30.7. The summed E-state index contributed by atoms with van der Waals surface area (Å²) in [5.74, 6) is 0.500. The summed E-state index contributed by atoms with van der Waals surface area (Å²) in [6.07, 6.45) is 1.88. The molecule has 0 radical (unpaired) electrons. The van der Waals surface area contributed by atoms with Crippen molar-refractivity contribution >= 4 is 22.0 Å². The van der Waals surface area contributed by atoms with Crippen LogP contribution in [0, 0.1) is 13.0 Å². The number of phenols is 1. The van der Waals surface area contributed by atoms with Crippen molar-refractivity contribution < 1.29 is 30.6 Å². The molecule has 1 N–H and O–H groups in total. The number of hydrogen-bond donors (Lipinski definition) is 1. The van der Waals surface area contributed by atoms with E-state index in [1.165, 1.54) is 16.7 Å². The minimum atomic E-state index is -0.0357. The minimum Gasteiger partial charge on any atom is -0.507 e. The summed E-state index contributed by atoms with van der Waals surface area (Å²) in [5.41, 5.74) is 12.6.